The van der Waals surface area contributed by atoms with Crippen molar-refractivity contribution in [1.29, 1.82) is 0 Å². The van der Waals surface area contributed by atoms with Crippen LogP contribution in [0.5, 0.6) is 0 Å². The van der Waals surface area contributed by atoms with E-state index in [0.717, 1.165) is 36.2 Å². The van der Waals surface area contributed by atoms with Gasteiger partial charge in [-0.25, -0.2) is 4.98 Å². The molecule has 22 heavy (non-hydrogen) atoms. The van der Waals surface area contributed by atoms with Crippen LogP contribution in [0.3, 0.4) is 0 Å². The lowest BCUT2D eigenvalue weighted by Gasteiger charge is -2.31. The van der Waals surface area contributed by atoms with Crippen LogP contribution in [-0.2, 0) is 0 Å². The first-order valence-electron chi connectivity index (χ1n) is 8.05. The molecule has 1 aromatic heterocycles. The van der Waals surface area contributed by atoms with Crippen LogP contribution in [0.1, 0.15) is 31.0 Å². The van der Waals surface area contributed by atoms with Crippen molar-refractivity contribution in [2.45, 2.75) is 33.6 Å². The molecule has 0 saturated carbocycles. The molecule has 1 unspecified atom stereocenters. The average molecular weight is 296 g/mol. The summed E-state index contributed by atoms with van der Waals surface area (Å²) in [7, 11) is 0. The van der Waals surface area contributed by atoms with E-state index in [2.05, 4.69) is 41.2 Å². The standard InChI is InChI=1S/C18H24N4/c1-13-7-6-10-22(12-13)18-19-15(3)11-17(21-18)20-16-9-5-4-8-14(16)2/h4-5,8-9,11,13H,6-7,10,12H2,1-3H3,(H,19,20,21). The molecule has 0 amide bonds. The molecule has 0 aliphatic carbocycles. The van der Waals surface area contributed by atoms with Crippen molar-refractivity contribution < 1.29 is 0 Å². The Labute approximate surface area is 132 Å². The van der Waals surface area contributed by atoms with E-state index >= 15 is 0 Å². The summed E-state index contributed by atoms with van der Waals surface area (Å²) < 4.78 is 0. The van der Waals surface area contributed by atoms with Crippen LogP contribution in [0.15, 0.2) is 30.3 Å². The van der Waals surface area contributed by atoms with Crippen LogP contribution in [0, 0.1) is 19.8 Å². The topological polar surface area (TPSA) is 41.1 Å². The Balaban J connectivity index is 1.85. The minimum Gasteiger partial charge on any atom is -0.340 e. The maximum absolute atomic E-state index is 4.73. The predicted molar refractivity (Wildman–Crippen MR) is 91.8 cm³/mol. The Morgan fingerprint density at radius 1 is 1.18 bits per heavy atom. The van der Waals surface area contributed by atoms with Gasteiger partial charge in [-0.1, -0.05) is 25.1 Å². The fourth-order valence-corrected chi connectivity index (χ4v) is 2.98. The average Bonchev–Trinajstić information content (AvgIpc) is 2.49. The van der Waals surface area contributed by atoms with E-state index in [0.29, 0.717) is 5.92 Å². The lowest BCUT2D eigenvalue weighted by Crippen LogP contribution is -2.35. The van der Waals surface area contributed by atoms with Crippen molar-refractivity contribution in [3.8, 4) is 0 Å². The number of nitrogens with zero attached hydrogens (tertiary/aromatic N) is 3. The zero-order valence-corrected chi connectivity index (χ0v) is 13.6. The minimum atomic E-state index is 0.714. The predicted octanol–water partition coefficient (Wildman–Crippen LogP) is 4.07. The fourth-order valence-electron chi connectivity index (χ4n) is 2.98. The third-order valence-electron chi connectivity index (χ3n) is 4.19. The molecule has 0 spiro atoms. The molecular formula is C18H24N4. The number of aryl methyl sites for hydroxylation is 2. The van der Waals surface area contributed by atoms with E-state index in [4.69, 9.17) is 4.98 Å². The SMILES string of the molecule is Cc1cc(Nc2ccccc2C)nc(N2CCCC(C)C2)n1. The van der Waals surface area contributed by atoms with Crippen LogP contribution in [0.4, 0.5) is 17.5 Å². The number of hydrogen-bond acceptors (Lipinski definition) is 4. The number of benzene rings is 1. The molecule has 1 aliphatic heterocycles. The number of anilines is 3. The van der Waals surface area contributed by atoms with Crippen molar-refractivity contribution in [2.75, 3.05) is 23.3 Å². The molecule has 1 fully saturated rings. The summed E-state index contributed by atoms with van der Waals surface area (Å²) in [5.74, 6) is 2.43. The van der Waals surface area contributed by atoms with E-state index in [1.807, 2.05) is 25.1 Å². The summed E-state index contributed by atoms with van der Waals surface area (Å²) in [4.78, 5) is 11.7. The van der Waals surface area contributed by atoms with E-state index in [1.165, 1.54) is 18.4 Å². The van der Waals surface area contributed by atoms with Crippen LogP contribution < -0.4 is 10.2 Å². The molecule has 2 heterocycles. The third kappa shape index (κ3) is 3.38. The first-order chi connectivity index (χ1) is 10.6. The summed E-state index contributed by atoms with van der Waals surface area (Å²) in [6.07, 6.45) is 2.52. The molecule has 4 heteroatoms. The van der Waals surface area contributed by atoms with E-state index in [9.17, 15) is 0 Å². The van der Waals surface area contributed by atoms with Gasteiger partial charge in [-0.05, 0) is 44.2 Å². The van der Waals surface area contributed by atoms with Gasteiger partial charge >= 0.3 is 0 Å². The third-order valence-corrected chi connectivity index (χ3v) is 4.19. The van der Waals surface area contributed by atoms with Gasteiger partial charge in [0, 0.05) is 30.5 Å². The first kappa shape index (κ1) is 14.8. The van der Waals surface area contributed by atoms with Crippen LogP contribution in [-0.4, -0.2) is 23.1 Å². The maximum Gasteiger partial charge on any atom is 0.227 e. The number of nitrogens with one attached hydrogen (secondary N) is 1. The zero-order chi connectivity index (χ0) is 15.5. The summed E-state index contributed by atoms with van der Waals surface area (Å²) >= 11 is 0. The van der Waals surface area contributed by atoms with Gasteiger partial charge in [-0.3, -0.25) is 0 Å². The zero-order valence-electron chi connectivity index (χ0n) is 13.6. The smallest absolute Gasteiger partial charge is 0.227 e. The van der Waals surface area contributed by atoms with E-state index < -0.39 is 0 Å². The lowest BCUT2D eigenvalue weighted by atomic mass is 10.0. The Morgan fingerprint density at radius 2 is 2.00 bits per heavy atom. The van der Waals surface area contributed by atoms with Crippen LogP contribution >= 0.6 is 0 Å². The molecule has 1 N–H and O–H groups in total. The van der Waals surface area contributed by atoms with E-state index in [-0.39, 0.29) is 0 Å². The van der Waals surface area contributed by atoms with Gasteiger partial charge in [0.15, 0.2) is 0 Å². The van der Waals surface area contributed by atoms with Crippen LogP contribution in [0.2, 0.25) is 0 Å². The number of aromatic nitrogens is 2. The van der Waals surface area contributed by atoms with Gasteiger partial charge in [0.1, 0.15) is 5.82 Å². The summed E-state index contributed by atoms with van der Waals surface area (Å²) in [6, 6.07) is 10.3. The minimum absolute atomic E-state index is 0.714. The normalized spacial score (nSPS) is 18.3. The first-order valence-corrected chi connectivity index (χ1v) is 8.05. The van der Waals surface area contributed by atoms with Crippen molar-refractivity contribution >= 4 is 17.5 Å². The monoisotopic (exact) mass is 296 g/mol. The largest absolute Gasteiger partial charge is 0.340 e. The molecule has 4 nitrogen and oxygen atoms in total. The Morgan fingerprint density at radius 3 is 2.77 bits per heavy atom. The highest BCUT2D eigenvalue weighted by Gasteiger charge is 2.19. The van der Waals surface area contributed by atoms with Gasteiger partial charge in [0.05, 0.1) is 0 Å². The lowest BCUT2D eigenvalue weighted by molar-refractivity contribution is 0.442. The van der Waals surface area contributed by atoms with Crippen molar-refractivity contribution in [3.05, 3.63) is 41.6 Å². The summed E-state index contributed by atoms with van der Waals surface area (Å²) in [5, 5.41) is 3.43. The number of rotatable bonds is 3. The molecule has 0 bridgehead atoms. The fraction of sp³-hybridized carbons (Fsp3) is 0.444. The number of piperidine rings is 1. The second kappa shape index (κ2) is 6.34. The molecule has 2 aromatic rings. The van der Waals surface area contributed by atoms with Gasteiger partial charge in [-0.2, -0.15) is 4.98 Å². The van der Waals surface area contributed by atoms with Gasteiger partial charge in [0.25, 0.3) is 0 Å². The molecule has 1 aliphatic rings. The molecular weight excluding hydrogens is 272 g/mol. The number of hydrogen-bond donors (Lipinski definition) is 1. The highest BCUT2D eigenvalue weighted by atomic mass is 15.3. The second-order valence-corrected chi connectivity index (χ2v) is 6.33. The van der Waals surface area contributed by atoms with Gasteiger partial charge in [0.2, 0.25) is 5.95 Å². The number of para-hydroxylation sites is 1. The molecule has 3 rings (SSSR count). The van der Waals surface area contributed by atoms with Crippen molar-refractivity contribution in [3.63, 3.8) is 0 Å². The maximum atomic E-state index is 4.73. The molecule has 1 aromatic carbocycles. The molecule has 1 atom stereocenters. The molecule has 1 saturated heterocycles. The summed E-state index contributed by atoms with van der Waals surface area (Å²) in [5.41, 5.74) is 3.31. The Kier molecular flexibility index (Phi) is 4.27. The van der Waals surface area contributed by atoms with Crippen molar-refractivity contribution in [2.24, 2.45) is 5.92 Å². The Bertz CT molecular complexity index is 653. The highest BCUT2D eigenvalue weighted by molar-refractivity contribution is 5.61. The van der Waals surface area contributed by atoms with Crippen LogP contribution in [0.25, 0.3) is 0 Å². The second-order valence-electron chi connectivity index (χ2n) is 6.33. The van der Waals surface area contributed by atoms with Gasteiger partial charge < -0.3 is 10.2 Å². The van der Waals surface area contributed by atoms with E-state index in [1.54, 1.807) is 0 Å². The summed E-state index contributed by atoms with van der Waals surface area (Å²) in [6.45, 7) is 8.53. The molecule has 0 radical (unpaired) electrons. The van der Waals surface area contributed by atoms with Crippen molar-refractivity contribution in [1.82, 2.24) is 9.97 Å². The van der Waals surface area contributed by atoms with Gasteiger partial charge in [-0.15, -0.1) is 0 Å². The Hall–Kier alpha value is -2.10. The highest BCUT2D eigenvalue weighted by Crippen LogP contribution is 2.24. The molecule has 116 valence electrons. The quantitative estimate of drug-likeness (QED) is 0.927.